The molecule has 25 heavy (non-hydrogen) atoms. The maximum absolute atomic E-state index is 12.6. The first-order chi connectivity index (χ1) is 11.9. The van der Waals surface area contributed by atoms with E-state index in [2.05, 4.69) is 4.72 Å². The van der Waals surface area contributed by atoms with Crippen LogP contribution in [0.3, 0.4) is 0 Å². The zero-order valence-electron chi connectivity index (χ0n) is 13.8. The van der Waals surface area contributed by atoms with Gasteiger partial charge in [-0.1, -0.05) is 23.7 Å². The maximum Gasteiger partial charge on any atom is 0.340 e. The van der Waals surface area contributed by atoms with Gasteiger partial charge in [0.1, 0.15) is 5.75 Å². The summed E-state index contributed by atoms with van der Waals surface area (Å²) >= 11 is 6.05. The fourth-order valence-electron chi connectivity index (χ4n) is 2.08. The smallest absolute Gasteiger partial charge is 0.340 e. The number of ether oxygens (including phenoxy) is 2. The lowest BCUT2D eigenvalue weighted by Gasteiger charge is -2.13. The van der Waals surface area contributed by atoms with E-state index in [0.717, 1.165) is 0 Å². The van der Waals surface area contributed by atoms with Gasteiger partial charge >= 0.3 is 5.97 Å². The Morgan fingerprint density at radius 3 is 2.48 bits per heavy atom. The standard InChI is InChI=1S/C17H18ClNO5S/c1-3-23-16-10-9-12(11-14(16)18)25(21,22)19-15-8-6-5-7-13(15)17(20)24-4-2/h5-11,19H,3-4H2,1-2H3. The molecule has 0 aromatic heterocycles. The molecule has 0 saturated heterocycles. The highest BCUT2D eigenvalue weighted by molar-refractivity contribution is 7.92. The summed E-state index contributed by atoms with van der Waals surface area (Å²) in [5.41, 5.74) is 0.260. The normalized spacial score (nSPS) is 11.0. The molecule has 2 rings (SSSR count). The van der Waals surface area contributed by atoms with Crippen LogP contribution in [0.15, 0.2) is 47.4 Å². The van der Waals surface area contributed by atoms with Crippen LogP contribution in [0.2, 0.25) is 5.02 Å². The number of rotatable bonds is 7. The first kappa shape index (κ1) is 19.1. The zero-order chi connectivity index (χ0) is 18.4. The van der Waals surface area contributed by atoms with Gasteiger partial charge in [-0.3, -0.25) is 4.72 Å². The van der Waals surface area contributed by atoms with Crippen LogP contribution in [-0.2, 0) is 14.8 Å². The molecule has 6 nitrogen and oxygen atoms in total. The van der Waals surface area contributed by atoms with Gasteiger partial charge in [0.15, 0.2) is 0 Å². The van der Waals surface area contributed by atoms with E-state index in [-0.39, 0.29) is 27.8 Å². The highest BCUT2D eigenvalue weighted by atomic mass is 35.5. The van der Waals surface area contributed by atoms with Crippen molar-refractivity contribution in [2.75, 3.05) is 17.9 Å². The Hall–Kier alpha value is -2.25. The van der Waals surface area contributed by atoms with E-state index in [0.29, 0.717) is 12.4 Å². The molecule has 0 aliphatic heterocycles. The summed E-state index contributed by atoms with van der Waals surface area (Å²) < 4.78 is 37.8. The van der Waals surface area contributed by atoms with Crippen LogP contribution in [0, 0.1) is 0 Å². The minimum absolute atomic E-state index is 0.0420. The van der Waals surface area contributed by atoms with Crippen LogP contribution in [0.5, 0.6) is 5.75 Å². The highest BCUT2D eigenvalue weighted by Gasteiger charge is 2.20. The molecule has 1 N–H and O–H groups in total. The number of carbonyl (C=O) groups excluding carboxylic acids is 1. The topological polar surface area (TPSA) is 81.7 Å². The molecule has 0 aliphatic rings. The van der Waals surface area contributed by atoms with Crippen molar-refractivity contribution in [3.63, 3.8) is 0 Å². The molecule has 0 unspecified atom stereocenters. The summed E-state index contributed by atoms with van der Waals surface area (Å²) in [5.74, 6) is -0.208. The Kier molecular flexibility index (Phi) is 6.27. The SMILES string of the molecule is CCOC(=O)c1ccccc1NS(=O)(=O)c1ccc(OCC)c(Cl)c1. The predicted octanol–water partition coefficient (Wildman–Crippen LogP) is 3.72. The third kappa shape index (κ3) is 4.64. The summed E-state index contributed by atoms with van der Waals surface area (Å²) in [6.07, 6.45) is 0. The van der Waals surface area contributed by atoms with E-state index in [1.54, 1.807) is 26.0 Å². The van der Waals surface area contributed by atoms with Crippen molar-refractivity contribution in [2.45, 2.75) is 18.7 Å². The molecule has 0 saturated carbocycles. The fourth-order valence-corrected chi connectivity index (χ4v) is 3.49. The van der Waals surface area contributed by atoms with Gasteiger partial charge in [0.25, 0.3) is 10.0 Å². The second-order valence-corrected chi connectivity index (χ2v) is 6.99. The molecule has 2 aromatic carbocycles. The van der Waals surface area contributed by atoms with Crippen LogP contribution >= 0.6 is 11.6 Å². The Morgan fingerprint density at radius 1 is 1.12 bits per heavy atom. The van der Waals surface area contributed by atoms with Gasteiger partial charge in [0, 0.05) is 0 Å². The first-order valence-corrected chi connectivity index (χ1v) is 9.46. The molecule has 2 aromatic rings. The highest BCUT2D eigenvalue weighted by Crippen LogP contribution is 2.29. The van der Waals surface area contributed by atoms with Gasteiger partial charge in [-0.25, -0.2) is 13.2 Å². The molecule has 0 amide bonds. The van der Waals surface area contributed by atoms with Gasteiger partial charge in [0.2, 0.25) is 0 Å². The molecular weight excluding hydrogens is 366 g/mol. The van der Waals surface area contributed by atoms with Crippen LogP contribution in [0.4, 0.5) is 5.69 Å². The number of halogens is 1. The van der Waals surface area contributed by atoms with E-state index >= 15 is 0 Å². The summed E-state index contributed by atoms with van der Waals surface area (Å²) in [6, 6.07) is 10.4. The molecule has 0 atom stereocenters. The number of sulfonamides is 1. The number of carbonyl (C=O) groups is 1. The molecule has 0 aliphatic carbocycles. The van der Waals surface area contributed by atoms with Crippen molar-refractivity contribution >= 4 is 33.3 Å². The Balaban J connectivity index is 2.34. The Labute approximate surface area is 151 Å². The third-order valence-electron chi connectivity index (χ3n) is 3.18. The third-order valence-corrected chi connectivity index (χ3v) is 4.84. The van der Waals surface area contributed by atoms with E-state index < -0.39 is 16.0 Å². The van der Waals surface area contributed by atoms with Gasteiger partial charge in [-0.15, -0.1) is 0 Å². The van der Waals surface area contributed by atoms with Crippen molar-refractivity contribution in [2.24, 2.45) is 0 Å². The van der Waals surface area contributed by atoms with E-state index in [4.69, 9.17) is 21.1 Å². The monoisotopic (exact) mass is 383 g/mol. The number of hydrogen-bond acceptors (Lipinski definition) is 5. The molecule has 0 heterocycles. The van der Waals surface area contributed by atoms with Gasteiger partial charge in [-0.2, -0.15) is 0 Å². The number of nitrogens with one attached hydrogen (secondary N) is 1. The summed E-state index contributed by atoms with van der Waals surface area (Å²) in [6.45, 7) is 4.08. The predicted molar refractivity (Wildman–Crippen MR) is 95.8 cm³/mol. The van der Waals surface area contributed by atoms with E-state index in [1.165, 1.54) is 30.3 Å². The average molecular weight is 384 g/mol. The van der Waals surface area contributed by atoms with Gasteiger partial charge < -0.3 is 9.47 Å². The number of benzene rings is 2. The number of esters is 1. The van der Waals surface area contributed by atoms with Crippen LogP contribution in [-0.4, -0.2) is 27.6 Å². The Bertz CT molecular complexity index is 867. The minimum Gasteiger partial charge on any atom is -0.492 e. The number of hydrogen-bond donors (Lipinski definition) is 1. The fraction of sp³-hybridized carbons (Fsp3) is 0.235. The van der Waals surface area contributed by atoms with Crippen molar-refractivity contribution in [3.05, 3.63) is 53.1 Å². The molecule has 0 fully saturated rings. The molecule has 8 heteroatoms. The van der Waals surface area contributed by atoms with Crippen LogP contribution in [0.25, 0.3) is 0 Å². The molecule has 0 bridgehead atoms. The second kappa shape index (κ2) is 8.22. The van der Waals surface area contributed by atoms with Crippen molar-refractivity contribution in [1.82, 2.24) is 0 Å². The largest absolute Gasteiger partial charge is 0.492 e. The minimum atomic E-state index is -3.94. The first-order valence-electron chi connectivity index (χ1n) is 7.60. The van der Waals surface area contributed by atoms with Crippen LogP contribution < -0.4 is 9.46 Å². The van der Waals surface area contributed by atoms with Crippen molar-refractivity contribution < 1.29 is 22.7 Å². The molecular formula is C17H18ClNO5S. The second-order valence-electron chi connectivity index (χ2n) is 4.90. The Morgan fingerprint density at radius 2 is 1.84 bits per heavy atom. The molecule has 0 radical (unpaired) electrons. The number of anilines is 1. The van der Waals surface area contributed by atoms with Crippen LogP contribution in [0.1, 0.15) is 24.2 Å². The summed E-state index contributed by atoms with van der Waals surface area (Å²) in [5, 5.41) is 0.184. The summed E-state index contributed by atoms with van der Waals surface area (Å²) in [4.78, 5) is 11.9. The average Bonchev–Trinajstić information content (AvgIpc) is 2.57. The van der Waals surface area contributed by atoms with E-state index in [1.807, 2.05) is 0 Å². The quantitative estimate of drug-likeness (QED) is 0.737. The van der Waals surface area contributed by atoms with Gasteiger partial charge in [0.05, 0.1) is 34.4 Å². The molecule has 0 spiro atoms. The zero-order valence-corrected chi connectivity index (χ0v) is 15.4. The lowest BCUT2D eigenvalue weighted by atomic mass is 10.2. The summed E-state index contributed by atoms with van der Waals surface area (Å²) in [7, 11) is -3.94. The van der Waals surface area contributed by atoms with Crippen molar-refractivity contribution in [3.8, 4) is 5.75 Å². The molecule has 134 valence electrons. The van der Waals surface area contributed by atoms with Gasteiger partial charge in [-0.05, 0) is 44.2 Å². The van der Waals surface area contributed by atoms with E-state index in [9.17, 15) is 13.2 Å². The lowest BCUT2D eigenvalue weighted by molar-refractivity contribution is 0.0527. The van der Waals surface area contributed by atoms with Crippen molar-refractivity contribution in [1.29, 1.82) is 0 Å². The maximum atomic E-state index is 12.6. The number of para-hydroxylation sites is 1. The lowest BCUT2D eigenvalue weighted by Crippen LogP contribution is -2.16.